The van der Waals surface area contributed by atoms with Crippen LogP contribution in [0.5, 0.6) is 11.5 Å². The van der Waals surface area contributed by atoms with Crippen LogP contribution in [0.1, 0.15) is 26.2 Å². The van der Waals surface area contributed by atoms with Gasteiger partial charge in [0.25, 0.3) is 0 Å². The van der Waals surface area contributed by atoms with Crippen LogP contribution in [-0.2, 0) is 4.79 Å². The average Bonchev–Trinajstić information content (AvgIpc) is 2.79. The zero-order valence-corrected chi connectivity index (χ0v) is 17.2. The number of piperidine rings is 1. The second-order valence-corrected chi connectivity index (χ2v) is 7.42. The molecule has 0 unspecified atom stereocenters. The Labute approximate surface area is 175 Å². The van der Waals surface area contributed by atoms with Crippen molar-refractivity contribution in [1.29, 1.82) is 0 Å². The first kappa shape index (κ1) is 20.1. The monoisotopic (exact) mass is 408 g/mol. The van der Waals surface area contributed by atoms with Crippen molar-refractivity contribution in [3.63, 3.8) is 0 Å². The molecule has 0 spiro atoms. The van der Waals surface area contributed by atoms with E-state index in [9.17, 15) is 9.18 Å². The van der Waals surface area contributed by atoms with Crippen molar-refractivity contribution < 1.29 is 18.7 Å². The molecule has 1 amide bonds. The summed E-state index contributed by atoms with van der Waals surface area (Å²) in [7, 11) is 1.59. The standard InChI is InChI=1S/C24H25FN2O3/c1-3-22(28)27-13-10-18(11-14-27)30-21-9-7-17(15-20(21)25)19-8-6-16-5-4-12-26-23(16)24(19)29-2/h4-9,12,15,18H,3,10-11,13-14H2,1-2H3. The van der Waals surface area contributed by atoms with Crippen molar-refractivity contribution in [3.8, 4) is 22.6 Å². The lowest BCUT2D eigenvalue weighted by Crippen LogP contribution is -2.41. The lowest BCUT2D eigenvalue weighted by Gasteiger charge is -2.32. The molecule has 1 fully saturated rings. The highest BCUT2D eigenvalue weighted by molar-refractivity contribution is 5.92. The molecule has 4 rings (SSSR count). The molecule has 0 saturated carbocycles. The number of aromatic nitrogens is 1. The van der Waals surface area contributed by atoms with Crippen LogP contribution >= 0.6 is 0 Å². The zero-order chi connectivity index (χ0) is 21.1. The van der Waals surface area contributed by atoms with Gasteiger partial charge >= 0.3 is 0 Å². The first-order valence-electron chi connectivity index (χ1n) is 10.3. The predicted octanol–water partition coefficient (Wildman–Crippen LogP) is 4.83. The van der Waals surface area contributed by atoms with E-state index in [4.69, 9.17) is 9.47 Å². The molecule has 1 saturated heterocycles. The molecule has 2 aromatic carbocycles. The van der Waals surface area contributed by atoms with E-state index in [1.807, 2.05) is 42.2 Å². The zero-order valence-electron chi connectivity index (χ0n) is 17.2. The summed E-state index contributed by atoms with van der Waals surface area (Å²) in [6.45, 7) is 3.17. The fourth-order valence-corrected chi connectivity index (χ4v) is 3.94. The number of carbonyl (C=O) groups is 1. The van der Waals surface area contributed by atoms with Gasteiger partial charge in [-0.05, 0) is 29.8 Å². The Morgan fingerprint density at radius 1 is 1.20 bits per heavy atom. The molecule has 0 radical (unpaired) electrons. The van der Waals surface area contributed by atoms with Crippen LogP contribution in [0.15, 0.2) is 48.7 Å². The van der Waals surface area contributed by atoms with Crippen molar-refractivity contribution in [3.05, 3.63) is 54.5 Å². The Hall–Kier alpha value is -3.15. The topological polar surface area (TPSA) is 51.7 Å². The maximum atomic E-state index is 14.9. The number of pyridine rings is 1. The van der Waals surface area contributed by atoms with E-state index in [0.717, 1.165) is 16.5 Å². The lowest BCUT2D eigenvalue weighted by atomic mass is 10.0. The quantitative estimate of drug-likeness (QED) is 0.607. The molecule has 0 aliphatic carbocycles. The third-order valence-corrected chi connectivity index (χ3v) is 5.57. The smallest absolute Gasteiger partial charge is 0.222 e. The van der Waals surface area contributed by atoms with Gasteiger partial charge in [0.05, 0.1) is 7.11 Å². The normalized spacial score (nSPS) is 14.7. The number of ether oxygens (including phenoxy) is 2. The highest BCUT2D eigenvalue weighted by Gasteiger charge is 2.24. The molecule has 30 heavy (non-hydrogen) atoms. The third-order valence-electron chi connectivity index (χ3n) is 5.57. The molecule has 5 nitrogen and oxygen atoms in total. The number of hydrogen-bond donors (Lipinski definition) is 0. The molecule has 6 heteroatoms. The predicted molar refractivity (Wildman–Crippen MR) is 114 cm³/mol. The van der Waals surface area contributed by atoms with Crippen LogP contribution < -0.4 is 9.47 Å². The lowest BCUT2D eigenvalue weighted by molar-refractivity contribution is -0.132. The van der Waals surface area contributed by atoms with Crippen molar-refractivity contribution in [2.45, 2.75) is 32.3 Å². The van der Waals surface area contributed by atoms with E-state index in [1.165, 1.54) is 6.07 Å². The van der Waals surface area contributed by atoms with Crippen molar-refractivity contribution >= 4 is 16.8 Å². The van der Waals surface area contributed by atoms with Gasteiger partial charge in [-0.15, -0.1) is 0 Å². The van der Waals surface area contributed by atoms with Crippen LogP contribution in [0.3, 0.4) is 0 Å². The molecule has 1 aromatic heterocycles. The van der Waals surface area contributed by atoms with Crippen LogP contribution in [0, 0.1) is 5.82 Å². The van der Waals surface area contributed by atoms with E-state index in [0.29, 0.717) is 43.7 Å². The van der Waals surface area contributed by atoms with Gasteiger partial charge in [-0.25, -0.2) is 4.39 Å². The van der Waals surface area contributed by atoms with Crippen LogP contribution in [0.2, 0.25) is 0 Å². The van der Waals surface area contributed by atoms with E-state index in [-0.39, 0.29) is 17.8 Å². The van der Waals surface area contributed by atoms with Gasteiger partial charge in [0.2, 0.25) is 5.91 Å². The molecule has 2 heterocycles. The Kier molecular flexibility index (Phi) is 5.84. The van der Waals surface area contributed by atoms with Crippen LogP contribution in [0.25, 0.3) is 22.0 Å². The molecule has 1 aliphatic heterocycles. The Morgan fingerprint density at radius 3 is 2.70 bits per heavy atom. The number of rotatable bonds is 5. The molecule has 0 atom stereocenters. The maximum absolute atomic E-state index is 14.9. The summed E-state index contributed by atoms with van der Waals surface area (Å²) in [5.74, 6) is 0.594. The number of amides is 1. The minimum atomic E-state index is -0.414. The minimum absolute atomic E-state index is 0.0920. The van der Waals surface area contributed by atoms with E-state index in [2.05, 4.69) is 4.98 Å². The number of methoxy groups -OCH3 is 1. The van der Waals surface area contributed by atoms with Crippen molar-refractivity contribution in [1.82, 2.24) is 9.88 Å². The van der Waals surface area contributed by atoms with Crippen LogP contribution in [0.4, 0.5) is 4.39 Å². The van der Waals surface area contributed by atoms with Gasteiger partial charge in [0, 0.05) is 49.5 Å². The summed E-state index contributed by atoms with van der Waals surface area (Å²) in [5, 5.41) is 0.964. The summed E-state index contributed by atoms with van der Waals surface area (Å²) in [6, 6.07) is 12.7. The average molecular weight is 408 g/mol. The highest BCUT2D eigenvalue weighted by atomic mass is 19.1. The van der Waals surface area contributed by atoms with Crippen molar-refractivity contribution in [2.24, 2.45) is 0 Å². The third kappa shape index (κ3) is 3.95. The van der Waals surface area contributed by atoms with Gasteiger partial charge in [-0.3, -0.25) is 9.78 Å². The molecule has 0 bridgehead atoms. The van der Waals surface area contributed by atoms with Gasteiger partial charge in [-0.1, -0.05) is 25.1 Å². The van der Waals surface area contributed by atoms with E-state index >= 15 is 0 Å². The summed E-state index contributed by atoms with van der Waals surface area (Å²) < 4.78 is 26.4. The highest BCUT2D eigenvalue weighted by Crippen LogP contribution is 2.37. The van der Waals surface area contributed by atoms with Gasteiger partial charge in [0.15, 0.2) is 17.3 Å². The number of likely N-dealkylation sites (tertiary alicyclic amines) is 1. The van der Waals surface area contributed by atoms with E-state index < -0.39 is 5.82 Å². The van der Waals surface area contributed by atoms with Gasteiger partial charge in [-0.2, -0.15) is 0 Å². The second-order valence-electron chi connectivity index (χ2n) is 7.42. The summed E-state index contributed by atoms with van der Waals surface area (Å²) in [5.41, 5.74) is 2.22. The molecule has 156 valence electrons. The molecule has 1 aliphatic rings. The Bertz CT molecular complexity index is 1060. The summed E-state index contributed by atoms with van der Waals surface area (Å²) in [4.78, 5) is 18.1. The molecular weight excluding hydrogens is 383 g/mol. The number of carbonyl (C=O) groups excluding carboxylic acids is 1. The maximum Gasteiger partial charge on any atom is 0.222 e. The molecular formula is C24H25FN2O3. The summed E-state index contributed by atoms with van der Waals surface area (Å²) >= 11 is 0. The number of halogens is 1. The number of benzene rings is 2. The number of nitrogens with zero attached hydrogens (tertiary/aromatic N) is 2. The Balaban J connectivity index is 1.53. The number of fused-ring (bicyclic) bond motifs is 1. The summed E-state index contributed by atoms with van der Waals surface area (Å²) in [6.07, 6.45) is 3.54. The SMILES string of the molecule is CCC(=O)N1CCC(Oc2ccc(-c3ccc4cccnc4c3OC)cc2F)CC1. The molecule has 0 N–H and O–H groups in total. The molecule has 3 aromatic rings. The van der Waals surface area contributed by atoms with E-state index in [1.54, 1.807) is 19.4 Å². The number of hydrogen-bond acceptors (Lipinski definition) is 4. The van der Waals surface area contributed by atoms with Gasteiger partial charge < -0.3 is 14.4 Å². The first-order chi connectivity index (χ1) is 14.6. The second kappa shape index (κ2) is 8.69. The first-order valence-corrected chi connectivity index (χ1v) is 10.3. The van der Waals surface area contributed by atoms with Gasteiger partial charge in [0.1, 0.15) is 11.6 Å². The fourth-order valence-electron chi connectivity index (χ4n) is 3.94. The fraction of sp³-hybridized carbons (Fsp3) is 0.333. The van der Waals surface area contributed by atoms with Crippen LogP contribution in [-0.4, -0.2) is 42.1 Å². The Morgan fingerprint density at radius 2 is 2.00 bits per heavy atom. The minimum Gasteiger partial charge on any atom is -0.494 e. The largest absolute Gasteiger partial charge is 0.494 e. The van der Waals surface area contributed by atoms with Crippen molar-refractivity contribution in [2.75, 3.05) is 20.2 Å².